The number of rotatable bonds is 1. The first-order valence-electron chi connectivity index (χ1n) is 6.94. The van der Waals surface area contributed by atoms with Crippen molar-refractivity contribution in [2.45, 2.75) is 6.42 Å². The zero-order valence-electron chi connectivity index (χ0n) is 11.4. The zero-order valence-corrected chi connectivity index (χ0v) is 13.0. The van der Waals surface area contributed by atoms with Crippen LogP contribution in [0.1, 0.15) is 5.56 Å². The summed E-state index contributed by atoms with van der Waals surface area (Å²) in [7, 11) is 0. The fraction of sp³-hybridized carbons (Fsp3) is 0.118. The highest BCUT2D eigenvalue weighted by molar-refractivity contribution is 9.10. The SMILES string of the molecule is Nc1c2c(nc3cc(Br)ccc13)N(c1ccccc1)CC2. The molecule has 2 heterocycles. The molecule has 4 rings (SSSR count). The molecule has 0 spiro atoms. The summed E-state index contributed by atoms with van der Waals surface area (Å²) < 4.78 is 1.02. The second kappa shape index (κ2) is 4.74. The number of aromatic nitrogens is 1. The van der Waals surface area contributed by atoms with E-state index in [-0.39, 0.29) is 0 Å². The average molecular weight is 340 g/mol. The topological polar surface area (TPSA) is 42.1 Å². The van der Waals surface area contributed by atoms with Crippen LogP contribution in [0.3, 0.4) is 0 Å². The maximum absolute atomic E-state index is 6.38. The molecule has 0 fully saturated rings. The van der Waals surface area contributed by atoms with E-state index in [0.717, 1.165) is 51.1 Å². The van der Waals surface area contributed by atoms with Crippen LogP contribution in [-0.2, 0) is 6.42 Å². The number of fused-ring (bicyclic) bond motifs is 2. The quantitative estimate of drug-likeness (QED) is 0.719. The van der Waals surface area contributed by atoms with Crippen molar-refractivity contribution in [2.75, 3.05) is 17.2 Å². The Labute approximate surface area is 131 Å². The van der Waals surface area contributed by atoms with Crippen molar-refractivity contribution in [3.63, 3.8) is 0 Å². The Bertz CT molecular complexity index is 830. The molecule has 4 heteroatoms. The number of hydrogen-bond acceptors (Lipinski definition) is 3. The van der Waals surface area contributed by atoms with Gasteiger partial charge in [-0.1, -0.05) is 34.1 Å². The van der Waals surface area contributed by atoms with Gasteiger partial charge < -0.3 is 10.6 Å². The molecule has 0 saturated carbocycles. The predicted molar refractivity (Wildman–Crippen MR) is 91.0 cm³/mol. The summed E-state index contributed by atoms with van der Waals surface area (Å²) in [4.78, 5) is 7.09. The molecule has 2 aromatic carbocycles. The second-order valence-electron chi connectivity index (χ2n) is 5.23. The Balaban J connectivity index is 1.94. The Morgan fingerprint density at radius 2 is 1.90 bits per heavy atom. The highest BCUT2D eigenvalue weighted by Gasteiger charge is 2.25. The summed E-state index contributed by atoms with van der Waals surface area (Å²) in [5.74, 6) is 0.990. The molecule has 0 atom stereocenters. The lowest BCUT2D eigenvalue weighted by atomic mass is 10.1. The number of pyridine rings is 1. The van der Waals surface area contributed by atoms with Crippen LogP contribution in [-0.4, -0.2) is 11.5 Å². The summed E-state index contributed by atoms with van der Waals surface area (Å²) in [5.41, 5.74) is 10.5. The number of anilines is 3. The molecular weight excluding hydrogens is 326 g/mol. The first-order chi connectivity index (χ1) is 10.2. The maximum Gasteiger partial charge on any atom is 0.139 e. The number of halogens is 1. The van der Waals surface area contributed by atoms with E-state index in [9.17, 15) is 0 Å². The largest absolute Gasteiger partial charge is 0.398 e. The third kappa shape index (κ3) is 1.98. The fourth-order valence-electron chi connectivity index (χ4n) is 2.95. The Hall–Kier alpha value is -2.07. The highest BCUT2D eigenvalue weighted by Crippen LogP contribution is 2.39. The Morgan fingerprint density at radius 1 is 1.10 bits per heavy atom. The molecule has 3 nitrogen and oxygen atoms in total. The number of para-hydroxylation sites is 1. The van der Waals surface area contributed by atoms with Crippen LogP contribution in [0.25, 0.3) is 10.9 Å². The molecule has 0 bridgehead atoms. The van der Waals surface area contributed by atoms with E-state index in [0.29, 0.717) is 0 Å². The van der Waals surface area contributed by atoms with Gasteiger partial charge in [0, 0.05) is 33.3 Å². The van der Waals surface area contributed by atoms with E-state index in [1.54, 1.807) is 0 Å². The maximum atomic E-state index is 6.38. The smallest absolute Gasteiger partial charge is 0.139 e. The molecule has 1 aromatic heterocycles. The van der Waals surface area contributed by atoms with E-state index in [1.807, 2.05) is 36.4 Å². The van der Waals surface area contributed by atoms with Crippen LogP contribution in [0.15, 0.2) is 53.0 Å². The number of nitrogens with two attached hydrogens (primary N) is 1. The molecule has 2 N–H and O–H groups in total. The predicted octanol–water partition coefficient (Wildman–Crippen LogP) is 4.27. The standard InChI is InChI=1S/C17H14BrN3/c18-11-6-7-13-15(10-11)20-17-14(16(13)19)8-9-21(17)12-4-2-1-3-5-12/h1-7,10H,8-9H2,(H2,19,20). The van der Waals surface area contributed by atoms with Crippen molar-refractivity contribution in [1.82, 2.24) is 4.98 Å². The highest BCUT2D eigenvalue weighted by atomic mass is 79.9. The summed E-state index contributed by atoms with van der Waals surface area (Å²) in [6, 6.07) is 16.4. The van der Waals surface area contributed by atoms with Gasteiger partial charge in [-0.25, -0.2) is 4.98 Å². The molecule has 0 saturated heterocycles. The van der Waals surface area contributed by atoms with Crippen LogP contribution in [0.5, 0.6) is 0 Å². The lowest BCUT2D eigenvalue weighted by molar-refractivity contribution is 0.992. The van der Waals surface area contributed by atoms with Gasteiger partial charge in [0.1, 0.15) is 5.82 Å². The molecule has 1 aliphatic rings. The lowest BCUT2D eigenvalue weighted by Crippen LogP contribution is -2.14. The first kappa shape index (κ1) is 12.7. The van der Waals surface area contributed by atoms with Crippen molar-refractivity contribution in [3.05, 3.63) is 58.6 Å². The van der Waals surface area contributed by atoms with Crippen molar-refractivity contribution in [1.29, 1.82) is 0 Å². The van der Waals surface area contributed by atoms with Crippen molar-refractivity contribution < 1.29 is 0 Å². The van der Waals surface area contributed by atoms with Gasteiger partial charge in [-0.3, -0.25) is 0 Å². The van der Waals surface area contributed by atoms with Gasteiger partial charge in [-0.05, 0) is 36.8 Å². The monoisotopic (exact) mass is 339 g/mol. The fourth-order valence-corrected chi connectivity index (χ4v) is 3.30. The molecule has 104 valence electrons. The van der Waals surface area contributed by atoms with Crippen LogP contribution >= 0.6 is 15.9 Å². The summed E-state index contributed by atoms with van der Waals surface area (Å²) in [6.45, 7) is 0.925. The molecule has 1 aliphatic heterocycles. The molecule has 3 aromatic rings. The van der Waals surface area contributed by atoms with Gasteiger partial charge in [-0.15, -0.1) is 0 Å². The molecule has 0 aliphatic carbocycles. The first-order valence-corrected chi connectivity index (χ1v) is 7.73. The van der Waals surface area contributed by atoms with Crippen molar-refractivity contribution in [3.8, 4) is 0 Å². The molecule has 0 radical (unpaired) electrons. The van der Waals surface area contributed by atoms with Gasteiger partial charge in [-0.2, -0.15) is 0 Å². The van der Waals surface area contributed by atoms with E-state index in [1.165, 1.54) is 0 Å². The van der Waals surface area contributed by atoms with Gasteiger partial charge in [0.15, 0.2) is 0 Å². The van der Waals surface area contributed by atoms with Gasteiger partial charge in [0.05, 0.1) is 5.52 Å². The van der Waals surface area contributed by atoms with Crippen LogP contribution < -0.4 is 10.6 Å². The Morgan fingerprint density at radius 3 is 2.71 bits per heavy atom. The third-order valence-corrected chi connectivity index (χ3v) is 4.47. The summed E-state index contributed by atoms with van der Waals surface area (Å²) >= 11 is 3.50. The number of benzene rings is 2. The van der Waals surface area contributed by atoms with Crippen LogP contribution in [0.2, 0.25) is 0 Å². The van der Waals surface area contributed by atoms with Gasteiger partial charge in [0.25, 0.3) is 0 Å². The molecule has 21 heavy (non-hydrogen) atoms. The number of nitrogen functional groups attached to an aromatic ring is 1. The minimum Gasteiger partial charge on any atom is -0.398 e. The molecule has 0 amide bonds. The summed E-state index contributed by atoms with van der Waals surface area (Å²) in [6.07, 6.45) is 0.940. The van der Waals surface area contributed by atoms with Crippen molar-refractivity contribution in [2.24, 2.45) is 0 Å². The van der Waals surface area contributed by atoms with E-state index in [4.69, 9.17) is 10.7 Å². The van der Waals surface area contributed by atoms with Crippen molar-refractivity contribution >= 4 is 44.0 Å². The third-order valence-electron chi connectivity index (χ3n) is 3.98. The minimum absolute atomic E-state index is 0.862. The Kier molecular flexibility index (Phi) is 2.86. The van der Waals surface area contributed by atoms with Crippen LogP contribution in [0, 0.1) is 0 Å². The number of hydrogen-bond donors (Lipinski definition) is 1. The molecular formula is C17H14BrN3. The second-order valence-corrected chi connectivity index (χ2v) is 6.14. The minimum atomic E-state index is 0.862. The van der Waals surface area contributed by atoms with E-state index in [2.05, 4.69) is 33.0 Å². The molecule has 0 unspecified atom stereocenters. The van der Waals surface area contributed by atoms with Gasteiger partial charge >= 0.3 is 0 Å². The van der Waals surface area contributed by atoms with Gasteiger partial charge in [0.2, 0.25) is 0 Å². The average Bonchev–Trinajstić information content (AvgIpc) is 2.92. The normalized spacial score (nSPS) is 13.7. The summed E-state index contributed by atoms with van der Waals surface area (Å²) in [5, 5.41) is 1.03. The zero-order chi connectivity index (χ0) is 14.4. The van der Waals surface area contributed by atoms with Crippen LogP contribution in [0.4, 0.5) is 17.2 Å². The van der Waals surface area contributed by atoms with E-state index < -0.39 is 0 Å². The van der Waals surface area contributed by atoms with E-state index >= 15 is 0 Å². The lowest BCUT2D eigenvalue weighted by Gasteiger charge is -2.19. The number of nitrogens with zero attached hydrogens (tertiary/aromatic N) is 2.